The predicted octanol–water partition coefficient (Wildman–Crippen LogP) is 3.09. The Balaban J connectivity index is 2.20. The summed E-state index contributed by atoms with van der Waals surface area (Å²) in [5.74, 6) is 1.65. The van der Waals surface area contributed by atoms with E-state index >= 15 is 0 Å². The summed E-state index contributed by atoms with van der Waals surface area (Å²) >= 11 is 0. The lowest BCUT2D eigenvalue weighted by molar-refractivity contribution is 0.573. The van der Waals surface area contributed by atoms with Gasteiger partial charge in [-0.25, -0.2) is 0 Å². The summed E-state index contributed by atoms with van der Waals surface area (Å²) < 4.78 is 0. The first-order valence-corrected chi connectivity index (χ1v) is 8.03. The summed E-state index contributed by atoms with van der Waals surface area (Å²) in [7, 11) is 0. The van der Waals surface area contributed by atoms with Crippen LogP contribution in [0.3, 0.4) is 0 Å². The van der Waals surface area contributed by atoms with Crippen LogP contribution in [0.1, 0.15) is 33.6 Å². The second-order valence-corrected chi connectivity index (χ2v) is 5.52. The standard InChI is InChI=1S/C17H30N4/c1-4-18-17(21-14-11-15(2)3)20-13-8-12-19-16-9-6-5-7-10-16/h5-7,9-10,15,19H,4,8,11-14H2,1-3H3,(H2,18,20,21). The van der Waals surface area contributed by atoms with Gasteiger partial charge in [-0.05, 0) is 37.8 Å². The molecule has 118 valence electrons. The minimum atomic E-state index is 0.718. The number of aliphatic imine (C=N–C) groups is 1. The SMILES string of the molecule is CCNC(=NCCCNc1ccccc1)NCCC(C)C. The zero-order valence-electron chi connectivity index (χ0n) is 13.7. The Labute approximate surface area is 129 Å². The summed E-state index contributed by atoms with van der Waals surface area (Å²) in [5, 5.41) is 10.1. The molecule has 0 saturated heterocycles. The lowest BCUT2D eigenvalue weighted by atomic mass is 10.1. The highest BCUT2D eigenvalue weighted by atomic mass is 15.2. The van der Waals surface area contributed by atoms with E-state index in [0.717, 1.165) is 44.5 Å². The van der Waals surface area contributed by atoms with Crippen molar-refractivity contribution in [2.24, 2.45) is 10.9 Å². The molecule has 0 unspecified atom stereocenters. The van der Waals surface area contributed by atoms with Gasteiger partial charge in [-0.3, -0.25) is 4.99 Å². The van der Waals surface area contributed by atoms with Crippen molar-refractivity contribution in [1.82, 2.24) is 10.6 Å². The van der Waals surface area contributed by atoms with E-state index < -0.39 is 0 Å². The molecule has 3 N–H and O–H groups in total. The lowest BCUT2D eigenvalue weighted by Gasteiger charge is -2.12. The molecule has 0 bridgehead atoms. The molecule has 21 heavy (non-hydrogen) atoms. The molecule has 0 aliphatic carbocycles. The minimum Gasteiger partial charge on any atom is -0.385 e. The van der Waals surface area contributed by atoms with Gasteiger partial charge in [0.1, 0.15) is 0 Å². The van der Waals surface area contributed by atoms with Crippen molar-refractivity contribution in [3.63, 3.8) is 0 Å². The maximum absolute atomic E-state index is 4.60. The van der Waals surface area contributed by atoms with Crippen molar-refractivity contribution in [2.45, 2.75) is 33.6 Å². The van der Waals surface area contributed by atoms with Gasteiger partial charge in [-0.15, -0.1) is 0 Å². The highest BCUT2D eigenvalue weighted by Crippen LogP contribution is 2.04. The molecule has 0 spiro atoms. The second kappa shape index (κ2) is 11.0. The number of hydrogen-bond acceptors (Lipinski definition) is 2. The van der Waals surface area contributed by atoms with Gasteiger partial charge in [-0.2, -0.15) is 0 Å². The molecule has 0 atom stereocenters. The highest BCUT2D eigenvalue weighted by Gasteiger charge is 1.98. The Hall–Kier alpha value is -1.71. The first-order chi connectivity index (χ1) is 10.2. The molecule has 0 aliphatic heterocycles. The van der Waals surface area contributed by atoms with Crippen LogP contribution >= 0.6 is 0 Å². The largest absolute Gasteiger partial charge is 0.385 e. The molecule has 0 saturated carbocycles. The van der Waals surface area contributed by atoms with E-state index in [1.165, 1.54) is 12.1 Å². The van der Waals surface area contributed by atoms with Gasteiger partial charge < -0.3 is 16.0 Å². The third-order valence-corrected chi connectivity index (χ3v) is 3.07. The molecule has 1 aromatic rings. The van der Waals surface area contributed by atoms with Crippen molar-refractivity contribution >= 4 is 11.6 Å². The number of guanidine groups is 1. The molecule has 0 amide bonds. The van der Waals surface area contributed by atoms with E-state index in [1.807, 2.05) is 18.2 Å². The molecule has 0 heterocycles. The predicted molar refractivity (Wildman–Crippen MR) is 93.0 cm³/mol. The van der Waals surface area contributed by atoms with E-state index in [9.17, 15) is 0 Å². The lowest BCUT2D eigenvalue weighted by Crippen LogP contribution is -2.38. The molecule has 0 aliphatic rings. The second-order valence-electron chi connectivity index (χ2n) is 5.52. The molecular weight excluding hydrogens is 260 g/mol. The number of nitrogens with zero attached hydrogens (tertiary/aromatic N) is 1. The smallest absolute Gasteiger partial charge is 0.191 e. The number of benzene rings is 1. The fourth-order valence-electron chi connectivity index (χ4n) is 1.88. The first kappa shape index (κ1) is 17.3. The average Bonchev–Trinajstić information content (AvgIpc) is 2.47. The quantitative estimate of drug-likeness (QED) is 0.372. The molecule has 0 fully saturated rings. The van der Waals surface area contributed by atoms with Crippen LogP contribution in [0.15, 0.2) is 35.3 Å². The van der Waals surface area contributed by atoms with Gasteiger partial charge in [-0.1, -0.05) is 32.0 Å². The van der Waals surface area contributed by atoms with Crippen LogP contribution in [0.4, 0.5) is 5.69 Å². The normalized spacial score (nSPS) is 11.5. The number of para-hydroxylation sites is 1. The van der Waals surface area contributed by atoms with Gasteiger partial charge in [0, 0.05) is 31.9 Å². The third-order valence-electron chi connectivity index (χ3n) is 3.07. The van der Waals surface area contributed by atoms with Crippen LogP contribution in [-0.2, 0) is 0 Å². The van der Waals surface area contributed by atoms with Crippen LogP contribution in [0.5, 0.6) is 0 Å². The number of rotatable bonds is 9. The molecule has 4 nitrogen and oxygen atoms in total. The Morgan fingerprint density at radius 1 is 1.10 bits per heavy atom. The summed E-state index contributed by atoms with van der Waals surface area (Å²) in [6, 6.07) is 10.3. The minimum absolute atomic E-state index is 0.718. The Morgan fingerprint density at radius 2 is 1.86 bits per heavy atom. The van der Waals surface area contributed by atoms with Crippen molar-refractivity contribution in [3.05, 3.63) is 30.3 Å². The first-order valence-electron chi connectivity index (χ1n) is 8.03. The van der Waals surface area contributed by atoms with Gasteiger partial charge in [0.15, 0.2) is 5.96 Å². The van der Waals surface area contributed by atoms with Crippen LogP contribution in [-0.4, -0.2) is 32.1 Å². The van der Waals surface area contributed by atoms with E-state index in [1.54, 1.807) is 0 Å². The van der Waals surface area contributed by atoms with E-state index in [0.29, 0.717) is 0 Å². The molecular formula is C17H30N4. The average molecular weight is 290 g/mol. The summed E-state index contributed by atoms with van der Waals surface area (Å²) in [4.78, 5) is 4.60. The summed E-state index contributed by atoms with van der Waals surface area (Å²) in [6.07, 6.45) is 2.19. The topological polar surface area (TPSA) is 48.5 Å². The third kappa shape index (κ3) is 8.95. The maximum Gasteiger partial charge on any atom is 0.191 e. The van der Waals surface area contributed by atoms with E-state index in [2.05, 4.69) is 53.8 Å². The van der Waals surface area contributed by atoms with Crippen molar-refractivity contribution in [3.8, 4) is 0 Å². The van der Waals surface area contributed by atoms with E-state index in [4.69, 9.17) is 0 Å². The zero-order chi connectivity index (χ0) is 15.3. The Morgan fingerprint density at radius 3 is 2.52 bits per heavy atom. The van der Waals surface area contributed by atoms with Gasteiger partial charge >= 0.3 is 0 Å². The summed E-state index contributed by atoms with van der Waals surface area (Å²) in [6.45, 7) is 10.2. The zero-order valence-corrected chi connectivity index (χ0v) is 13.7. The molecule has 0 radical (unpaired) electrons. The fourth-order valence-corrected chi connectivity index (χ4v) is 1.88. The van der Waals surface area contributed by atoms with Gasteiger partial charge in [0.05, 0.1) is 0 Å². The Bertz CT molecular complexity index is 387. The molecule has 1 rings (SSSR count). The molecule has 4 heteroatoms. The highest BCUT2D eigenvalue weighted by molar-refractivity contribution is 5.79. The van der Waals surface area contributed by atoms with Crippen molar-refractivity contribution in [1.29, 1.82) is 0 Å². The van der Waals surface area contributed by atoms with Crippen LogP contribution in [0, 0.1) is 5.92 Å². The maximum atomic E-state index is 4.60. The van der Waals surface area contributed by atoms with Crippen molar-refractivity contribution in [2.75, 3.05) is 31.5 Å². The van der Waals surface area contributed by atoms with Gasteiger partial charge in [0.25, 0.3) is 0 Å². The summed E-state index contributed by atoms with van der Waals surface area (Å²) in [5.41, 5.74) is 1.17. The van der Waals surface area contributed by atoms with Crippen LogP contribution in [0.25, 0.3) is 0 Å². The Kier molecular flexibility index (Phi) is 9.09. The number of hydrogen-bond donors (Lipinski definition) is 3. The van der Waals surface area contributed by atoms with E-state index in [-0.39, 0.29) is 0 Å². The molecule has 0 aromatic heterocycles. The fraction of sp³-hybridized carbons (Fsp3) is 0.588. The van der Waals surface area contributed by atoms with Gasteiger partial charge in [0.2, 0.25) is 0 Å². The molecule has 1 aromatic carbocycles. The number of nitrogens with one attached hydrogen (secondary N) is 3. The van der Waals surface area contributed by atoms with Crippen molar-refractivity contribution < 1.29 is 0 Å². The monoisotopic (exact) mass is 290 g/mol. The van der Waals surface area contributed by atoms with Crippen LogP contribution < -0.4 is 16.0 Å². The number of anilines is 1. The van der Waals surface area contributed by atoms with Crippen LogP contribution in [0.2, 0.25) is 0 Å².